The Bertz CT molecular complexity index is 694. The van der Waals surface area contributed by atoms with Crippen molar-refractivity contribution in [3.05, 3.63) is 83.9 Å². The largest absolute Gasteiger partial charge is 0.343 e. The van der Waals surface area contributed by atoms with Gasteiger partial charge in [0.05, 0.1) is 0 Å². The average Bonchev–Trinajstić information content (AvgIpc) is 3.16. The summed E-state index contributed by atoms with van der Waals surface area (Å²) in [6.45, 7) is 3.57. The summed E-state index contributed by atoms with van der Waals surface area (Å²) in [6, 6.07) is 22.1. The second kappa shape index (κ2) is 6.85. The molecule has 4 rings (SSSR count). The first-order chi connectivity index (χ1) is 12.3. The number of hydrogen-bond donors (Lipinski definition) is 0. The van der Waals surface area contributed by atoms with Crippen LogP contribution in [-0.4, -0.2) is 48.4 Å². The van der Waals surface area contributed by atoms with Crippen LogP contribution in [-0.2, 0) is 10.2 Å². The van der Waals surface area contributed by atoms with Gasteiger partial charge in [0.15, 0.2) is 0 Å². The smallest absolute Gasteiger partial charge is 0.209 e. The fourth-order valence-electron chi connectivity index (χ4n) is 4.23. The first-order valence-corrected chi connectivity index (χ1v) is 9.06. The highest BCUT2D eigenvalue weighted by Gasteiger charge is 2.40. The fourth-order valence-corrected chi connectivity index (χ4v) is 4.23. The molecule has 0 aromatic heterocycles. The van der Waals surface area contributed by atoms with Crippen LogP contribution in [0.5, 0.6) is 0 Å². The molecule has 1 amide bonds. The van der Waals surface area contributed by atoms with Gasteiger partial charge in [-0.1, -0.05) is 72.8 Å². The van der Waals surface area contributed by atoms with Crippen LogP contribution < -0.4 is 0 Å². The number of nitrogens with zero attached hydrogens (tertiary/aromatic N) is 2. The Balaban J connectivity index is 1.62. The topological polar surface area (TPSA) is 23.6 Å². The Kier molecular flexibility index (Phi) is 4.41. The number of benzene rings is 2. The molecule has 1 aliphatic heterocycles. The van der Waals surface area contributed by atoms with E-state index in [0.717, 1.165) is 39.0 Å². The fraction of sp³-hybridized carbons (Fsp3) is 0.318. The zero-order valence-electron chi connectivity index (χ0n) is 14.4. The maximum atomic E-state index is 11.0. The minimum absolute atomic E-state index is 0.0605. The molecule has 2 aromatic carbocycles. The zero-order valence-corrected chi connectivity index (χ0v) is 14.4. The van der Waals surface area contributed by atoms with Gasteiger partial charge in [0.1, 0.15) is 0 Å². The van der Waals surface area contributed by atoms with Crippen molar-refractivity contribution in [1.82, 2.24) is 9.80 Å². The SMILES string of the molecule is O=CN1CCN(C2C=CC(c3ccccc3)(c3ccccc3)C2)CC1. The summed E-state index contributed by atoms with van der Waals surface area (Å²) in [4.78, 5) is 15.3. The molecule has 2 aliphatic rings. The van der Waals surface area contributed by atoms with Crippen molar-refractivity contribution in [2.24, 2.45) is 0 Å². The third kappa shape index (κ3) is 3.00. The van der Waals surface area contributed by atoms with E-state index in [4.69, 9.17) is 0 Å². The number of piperazine rings is 1. The standard InChI is InChI=1S/C22H24N2O/c25-18-23-13-15-24(16-14-23)21-11-12-22(17-21,19-7-3-1-4-8-19)20-9-5-2-6-10-20/h1-12,18,21H,13-17H2. The molecule has 128 valence electrons. The summed E-state index contributed by atoms with van der Waals surface area (Å²) in [5.41, 5.74) is 2.65. The minimum Gasteiger partial charge on any atom is -0.343 e. The van der Waals surface area contributed by atoms with E-state index in [1.807, 2.05) is 4.90 Å². The van der Waals surface area contributed by atoms with Gasteiger partial charge in [-0.2, -0.15) is 0 Å². The monoisotopic (exact) mass is 332 g/mol. The lowest BCUT2D eigenvalue weighted by Crippen LogP contribution is -2.49. The molecule has 0 spiro atoms. The Morgan fingerprint density at radius 2 is 1.40 bits per heavy atom. The van der Waals surface area contributed by atoms with Gasteiger partial charge in [0, 0.05) is 37.6 Å². The molecule has 0 N–H and O–H groups in total. The normalized spacial score (nSPS) is 22.9. The number of carbonyl (C=O) groups is 1. The first kappa shape index (κ1) is 16.1. The van der Waals surface area contributed by atoms with Gasteiger partial charge in [-0.05, 0) is 17.5 Å². The highest BCUT2D eigenvalue weighted by molar-refractivity contribution is 5.48. The Hall–Kier alpha value is -2.39. The average molecular weight is 332 g/mol. The van der Waals surface area contributed by atoms with Gasteiger partial charge in [-0.15, -0.1) is 0 Å². The minimum atomic E-state index is -0.0605. The van der Waals surface area contributed by atoms with Crippen LogP contribution in [0.1, 0.15) is 17.5 Å². The molecule has 1 aliphatic carbocycles. The molecule has 2 aromatic rings. The Labute approximate surface area is 149 Å². The highest BCUT2D eigenvalue weighted by atomic mass is 16.1. The van der Waals surface area contributed by atoms with E-state index < -0.39 is 0 Å². The maximum Gasteiger partial charge on any atom is 0.209 e. The summed E-state index contributed by atoms with van der Waals surface area (Å²) >= 11 is 0. The second-order valence-electron chi connectivity index (χ2n) is 7.01. The maximum absolute atomic E-state index is 11.0. The third-order valence-corrected chi connectivity index (χ3v) is 5.68. The molecule has 1 atom stereocenters. The molecule has 1 heterocycles. The van der Waals surface area contributed by atoms with E-state index >= 15 is 0 Å². The van der Waals surface area contributed by atoms with E-state index in [1.54, 1.807) is 0 Å². The number of hydrogen-bond acceptors (Lipinski definition) is 2. The second-order valence-corrected chi connectivity index (χ2v) is 7.01. The van der Waals surface area contributed by atoms with E-state index in [0.29, 0.717) is 6.04 Å². The molecule has 0 saturated carbocycles. The van der Waals surface area contributed by atoms with Crippen molar-refractivity contribution in [2.75, 3.05) is 26.2 Å². The number of amides is 1. The van der Waals surface area contributed by atoms with Crippen molar-refractivity contribution in [1.29, 1.82) is 0 Å². The van der Waals surface area contributed by atoms with Crippen molar-refractivity contribution in [3.8, 4) is 0 Å². The number of allylic oxidation sites excluding steroid dienone is 1. The van der Waals surface area contributed by atoms with E-state index in [-0.39, 0.29) is 5.41 Å². The molecule has 3 heteroatoms. The molecule has 25 heavy (non-hydrogen) atoms. The van der Waals surface area contributed by atoms with Crippen molar-refractivity contribution in [3.63, 3.8) is 0 Å². The van der Waals surface area contributed by atoms with Gasteiger partial charge >= 0.3 is 0 Å². The summed E-state index contributed by atoms with van der Waals surface area (Å²) in [7, 11) is 0. The summed E-state index contributed by atoms with van der Waals surface area (Å²) in [5.74, 6) is 0. The molecule has 1 fully saturated rings. The number of rotatable bonds is 4. The lowest BCUT2D eigenvalue weighted by Gasteiger charge is -2.38. The molecular weight excluding hydrogens is 308 g/mol. The zero-order chi connectivity index (χ0) is 17.1. The lowest BCUT2D eigenvalue weighted by atomic mass is 9.73. The quantitative estimate of drug-likeness (QED) is 0.634. The number of carbonyl (C=O) groups excluding carboxylic acids is 1. The van der Waals surface area contributed by atoms with Gasteiger partial charge in [-0.25, -0.2) is 0 Å². The summed E-state index contributed by atoms with van der Waals surface area (Å²) in [6.07, 6.45) is 6.80. The molecule has 0 radical (unpaired) electrons. The van der Waals surface area contributed by atoms with Crippen LogP contribution in [0.3, 0.4) is 0 Å². The van der Waals surface area contributed by atoms with Crippen LogP contribution in [0.15, 0.2) is 72.8 Å². The highest BCUT2D eigenvalue weighted by Crippen LogP contribution is 2.43. The van der Waals surface area contributed by atoms with E-state index in [2.05, 4.69) is 77.7 Å². The lowest BCUT2D eigenvalue weighted by molar-refractivity contribution is -0.119. The predicted octanol–water partition coefficient (Wildman–Crippen LogP) is 3.08. The van der Waals surface area contributed by atoms with Crippen molar-refractivity contribution >= 4 is 6.41 Å². The van der Waals surface area contributed by atoms with Crippen LogP contribution in [0.2, 0.25) is 0 Å². The van der Waals surface area contributed by atoms with Crippen LogP contribution >= 0.6 is 0 Å². The van der Waals surface area contributed by atoms with Crippen LogP contribution in [0.25, 0.3) is 0 Å². The predicted molar refractivity (Wildman–Crippen MR) is 100 cm³/mol. The Morgan fingerprint density at radius 1 is 0.840 bits per heavy atom. The van der Waals surface area contributed by atoms with Crippen molar-refractivity contribution in [2.45, 2.75) is 17.9 Å². The Morgan fingerprint density at radius 3 is 1.92 bits per heavy atom. The van der Waals surface area contributed by atoms with Gasteiger partial charge in [0.2, 0.25) is 6.41 Å². The van der Waals surface area contributed by atoms with Gasteiger partial charge in [-0.3, -0.25) is 9.69 Å². The van der Waals surface area contributed by atoms with E-state index in [9.17, 15) is 4.79 Å². The molecule has 1 unspecified atom stereocenters. The van der Waals surface area contributed by atoms with Gasteiger partial charge in [0.25, 0.3) is 0 Å². The first-order valence-electron chi connectivity index (χ1n) is 9.06. The van der Waals surface area contributed by atoms with Crippen molar-refractivity contribution < 1.29 is 4.79 Å². The van der Waals surface area contributed by atoms with Crippen LogP contribution in [0, 0.1) is 0 Å². The molecule has 0 bridgehead atoms. The third-order valence-electron chi connectivity index (χ3n) is 5.68. The molecule has 1 saturated heterocycles. The summed E-state index contributed by atoms with van der Waals surface area (Å²) < 4.78 is 0. The summed E-state index contributed by atoms with van der Waals surface area (Å²) in [5, 5.41) is 0. The van der Waals surface area contributed by atoms with E-state index in [1.165, 1.54) is 11.1 Å². The van der Waals surface area contributed by atoms with Crippen LogP contribution in [0.4, 0.5) is 0 Å². The molecular formula is C22H24N2O. The molecule has 3 nitrogen and oxygen atoms in total. The van der Waals surface area contributed by atoms with Gasteiger partial charge < -0.3 is 4.90 Å².